The predicted molar refractivity (Wildman–Crippen MR) is 80.1 cm³/mol. The van der Waals surface area contributed by atoms with Crippen LogP contribution in [0.5, 0.6) is 0 Å². The van der Waals surface area contributed by atoms with Gasteiger partial charge in [-0.3, -0.25) is 10.1 Å². The minimum Gasteiger partial charge on any atom is -0.393 e. The summed E-state index contributed by atoms with van der Waals surface area (Å²) in [7, 11) is 0. The van der Waals surface area contributed by atoms with Crippen LogP contribution in [0.25, 0.3) is 0 Å². The van der Waals surface area contributed by atoms with Crippen LogP contribution in [0, 0.1) is 16.0 Å². The van der Waals surface area contributed by atoms with Crippen LogP contribution in [0.15, 0.2) is 18.2 Å². The second kappa shape index (κ2) is 6.12. The van der Waals surface area contributed by atoms with E-state index in [9.17, 15) is 15.2 Å². The molecule has 0 aliphatic heterocycles. The average Bonchev–Trinajstić information content (AvgIpc) is 2.90. The standard InChI is InChI=1S/C16H22N2O3/c19-14-7-4-11(8-14)10-17-16-3-1-2-12-5-6-13(18(20)21)9-15(12)16/h5-6,9,11,14,16-17,19H,1-4,7-8,10H2/t11-,14-,16+/m0/s1. The van der Waals surface area contributed by atoms with Gasteiger partial charge in [0.05, 0.1) is 11.0 Å². The second-order valence-corrected chi connectivity index (χ2v) is 6.33. The van der Waals surface area contributed by atoms with Gasteiger partial charge in [0.2, 0.25) is 0 Å². The van der Waals surface area contributed by atoms with Crippen LogP contribution in [0.3, 0.4) is 0 Å². The summed E-state index contributed by atoms with van der Waals surface area (Å²) in [5.74, 6) is 0.532. The molecule has 1 fully saturated rings. The van der Waals surface area contributed by atoms with Crippen LogP contribution < -0.4 is 5.32 Å². The largest absolute Gasteiger partial charge is 0.393 e. The van der Waals surface area contributed by atoms with Gasteiger partial charge in [0.1, 0.15) is 0 Å². The average molecular weight is 290 g/mol. The summed E-state index contributed by atoms with van der Waals surface area (Å²) < 4.78 is 0. The molecule has 21 heavy (non-hydrogen) atoms. The summed E-state index contributed by atoms with van der Waals surface area (Å²) >= 11 is 0. The lowest BCUT2D eigenvalue weighted by Crippen LogP contribution is -2.29. The Bertz CT molecular complexity index is 532. The molecule has 5 nitrogen and oxygen atoms in total. The van der Waals surface area contributed by atoms with Crippen molar-refractivity contribution in [2.45, 2.75) is 50.7 Å². The molecule has 3 atom stereocenters. The Kier molecular flexibility index (Phi) is 4.22. The number of aliphatic hydroxyl groups excluding tert-OH is 1. The Hall–Kier alpha value is -1.46. The molecule has 2 aliphatic rings. The molecule has 3 rings (SSSR count). The number of rotatable bonds is 4. The third kappa shape index (κ3) is 3.24. The fraction of sp³-hybridized carbons (Fsp3) is 0.625. The number of non-ortho nitro benzene ring substituents is 1. The number of hydrogen-bond donors (Lipinski definition) is 2. The maximum atomic E-state index is 11.0. The molecule has 1 aromatic carbocycles. The molecule has 2 N–H and O–H groups in total. The van der Waals surface area contributed by atoms with Crippen molar-refractivity contribution in [2.75, 3.05) is 6.54 Å². The van der Waals surface area contributed by atoms with Crippen molar-refractivity contribution in [1.82, 2.24) is 5.32 Å². The fourth-order valence-corrected chi connectivity index (χ4v) is 3.65. The van der Waals surface area contributed by atoms with E-state index >= 15 is 0 Å². The van der Waals surface area contributed by atoms with Gasteiger partial charge in [0, 0.05) is 18.2 Å². The minimum absolute atomic E-state index is 0.142. The molecule has 0 radical (unpaired) electrons. The van der Waals surface area contributed by atoms with Gasteiger partial charge in [-0.1, -0.05) is 6.07 Å². The highest BCUT2D eigenvalue weighted by Gasteiger charge is 2.26. The molecule has 0 amide bonds. The van der Waals surface area contributed by atoms with Gasteiger partial charge in [-0.05, 0) is 62.1 Å². The number of hydrogen-bond acceptors (Lipinski definition) is 4. The number of aliphatic hydroxyl groups is 1. The molecule has 0 bridgehead atoms. The quantitative estimate of drug-likeness (QED) is 0.660. The summed E-state index contributed by atoms with van der Waals surface area (Å²) in [6, 6.07) is 5.46. The molecule has 0 saturated heterocycles. The van der Waals surface area contributed by atoms with Crippen LogP contribution in [-0.4, -0.2) is 22.7 Å². The van der Waals surface area contributed by atoms with Crippen molar-refractivity contribution in [2.24, 2.45) is 5.92 Å². The summed E-state index contributed by atoms with van der Waals surface area (Å²) in [5, 5.41) is 24.1. The van der Waals surface area contributed by atoms with Crippen LogP contribution >= 0.6 is 0 Å². The van der Waals surface area contributed by atoms with Gasteiger partial charge in [-0.2, -0.15) is 0 Å². The Morgan fingerprint density at radius 3 is 2.90 bits per heavy atom. The third-order valence-corrected chi connectivity index (χ3v) is 4.82. The molecule has 1 saturated carbocycles. The van der Waals surface area contributed by atoms with E-state index in [2.05, 4.69) is 5.32 Å². The van der Waals surface area contributed by atoms with E-state index in [0.717, 1.165) is 50.6 Å². The molecule has 1 aromatic rings. The zero-order chi connectivity index (χ0) is 14.8. The number of fused-ring (bicyclic) bond motifs is 1. The molecular formula is C16H22N2O3. The first-order chi connectivity index (χ1) is 10.1. The van der Waals surface area contributed by atoms with E-state index in [4.69, 9.17) is 0 Å². The molecule has 5 heteroatoms. The Balaban J connectivity index is 1.70. The monoisotopic (exact) mass is 290 g/mol. The van der Waals surface area contributed by atoms with Crippen molar-refractivity contribution < 1.29 is 10.0 Å². The summed E-state index contributed by atoms with van der Waals surface area (Å²) in [6.45, 7) is 0.893. The maximum absolute atomic E-state index is 11.0. The zero-order valence-corrected chi connectivity index (χ0v) is 12.1. The number of benzene rings is 1. The SMILES string of the molecule is O=[N+]([O-])c1ccc2c(c1)[C@H](NC[C@H]1CC[C@H](O)C1)CCC2. The topological polar surface area (TPSA) is 75.4 Å². The molecule has 0 aromatic heterocycles. The van der Waals surface area contributed by atoms with Crippen molar-refractivity contribution >= 4 is 5.69 Å². The van der Waals surface area contributed by atoms with Crippen molar-refractivity contribution in [3.05, 3.63) is 39.4 Å². The van der Waals surface area contributed by atoms with E-state index in [-0.39, 0.29) is 22.8 Å². The van der Waals surface area contributed by atoms with Gasteiger partial charge in [-0.15, -0.1) is 0 Å². The van der Waals surface area contributed by atoms with Crippen LogP contribution in [-0.2, 0) is 6.42 Å². The van der Waals surface area contributed by atoms with Crippen LogP contribution in [0.1, 0.15) is 49.3 Å². The Morgan fingerprint density at radius 1 is 1.33 bits per heavy atom. The molecule has 2 aliphatic carbocycles. The van der Waals surface area contributed by atoms with E-state index in [1.807, 2.05) is 6.07 Å². The first-order valence-corrected chi connectivity index (χ1v) is 7.82. The third-order valence-electron chi connectivity index (χ3n) is 4.82. The first kappa shape index (κ1) is 14.5. The maximum Gasteiger partial charge on any atom is 0.269 e. The molecule has 0 heterocycles. The summed E-state index contributed by atoms with van der Waals surface area (Å²) in [6.07, 6.45) is 5.87. The highest BCUT2D eigenvalue weighted by atomic mass is 16.6. The predicted octanol–water partition coefficient (Wildman–Crippen LogP) is 2.72. The smallest absolute Gasteiger partial charge is 0.269 e. The highest BCUT2D eigenvalue weighted by molar-refractivity contribution is 5.42. The molecular weight excluding hydrogens is 268 g/mol. The molecule has 0 spiro atoms. The minimum atomic E-state index is -0.320. The van der Waals surface area contributed by atoms with Crippen LogP contribution in [0.2, 0.25) is 0 Å². The van der Waals surface area contributed by atoms with Gasteiger partial charge >= 0.3 is 0 Å². The second-order valence-electron chi connectivity index (χ2n) is 6.33. The number of nitro benzene ring substituents is 1. The van der Waals surface area contributed by atoms with Gasteiger partial charge in [0.15, 0.2) is 0 Å². The fourth-order valence-electron chi connectivity index (χ4n) is 3.65. The zero-order valence-electron chi connectivity index (χ0n) is 12.1. The van der Waals surface area contributed by atoms with Gasteiger partial charge in [0.25, 0.3) is 5.69 Å². The lowest BCUT2D eigenvalue weighted by Gasteiger charge is -2.27. The lowest BCUT2D eigenvalue weighted by atomic mass is 9.87. The Labute approximate surface area is 124 Å². The normalized spacial score (nSPS) is 28.3. The number of nitrogens with one attached hydrogen (secondary N) is 1. The van der Waals surface area contributed by atoms with Gasteiger partial charge < -0.3 is 10.4 Å². The van der Waals surface area contributed by atoms with Crippen molar-refractivity contribution in [1.29, 1.82) is 0 Å². The number of nitrogens with zero attached hydrogens (tertiary/aromatic N) is 1. The summed E-state index contributed by atoms with van der Waals surface area (Å²) in [4.78, 5) is 10.6. The first-order valence-electron chi connectivity index (χ1n) is 7.82. The van der Waals surface area contributed by atoms with Crippen LogP contribution in [0.4, 0.5) is 5.69 Å². The molecule has 114 valence electrons. The Morgan fingerprint density at radius 2 is 2.19 bits per heavy atom. The molecule has 0 unspecified atom stereocenters. The van der Waals surface area contributed by atoms with E-state index in [1.165, 1.54) is 5.56 Å². The van der Waals surface area contributed by atoms with Crippen molar-refractivity contribution in [3.8, 4) is 0 Å². The van der Waals surface area contributed by atoms with E-state index in [1.54, 1.807) is 12.1 Å². The lowest BCUT2D eigenvalue weighted by molar-refractivity contribution is -0.385. The summed E-state index contributed by atoms with van der Waals surface area (Å²) in [5.41, 5.74) is 2.50. The van der Waals surface area contributed by atoms with E-state index in [0.29, 0.717) is 5.92 Å². The highest BCUT2D eigenvalue weighted by Crippen LogP contribution is 2.33. The van der Waals surface area contributed by atoms with Crippen molar-refractivity contribution in [3.63, 3.8) is 0 Å². The number of aryl methyl sites for hydroxylation is 1. The number of nitro groups is 1. The van der Waals surface area contributed by atoms with E-state index < -0.39 is 0 Å². The van der Waals surface area contributed by atoms with Gasteiger partial charge in [-0.25, -0.2) is 0 Å².